The van der Waals surface area contributed by atoms with Gasteiger partial charge in [-0.05, 0) is 67.0 Å². The maximum atomic E-state index is 12.5. The number of carboxylic acid groups (broad SMARTS) is 1. The summed E-state index contributed by atoms with van der Waals surface area (Å²) >= 11 is 0. The van der Waals surface area contributed by atoms with Gasteiger partial charge in [-0.2, -0.15) is 0 Å². The van der Waals surface area contributed by atoms with Crippen LogP contribution in [0.1, 0.15) is 36.0 Å². The van der Waals surface area contributed by atoms with Crippen LogP contribution in [0.15, 0.2) is 48.5 Å². The van der Waals surface area contributed by atoms with Crippen molar-refractivity contribution in [1.29, 1.82) is 0 Å². The Morgan fingerprint density at radius 3 is 1.97 bits per heavy atom. The van der Waals surface area contributed by atoms with Crippen molar-refractivity contribution < 1.29 is 19.4 Å². The van der Waals surface area contributed by atoms with Gasteiger partial charge in [0.25, 0.3) is 5.91 Å². The summed E-state index contributed by atoms with van der Waals surface area (Å²) in [5.74, 6) is 1.33. The van der Waals surface area contributed by atoms with Gasteiger partial charge in [-0.15, -0.1) is 0 Å². The van der Waals surface area contributed by atoms with Crippen LogP contribution >= 0.6 is 0 Å². The summed E-state index contributed by atoms with van der Waals surface area (Å²) in [7, 11) is 0. The van der Waals surface area contributed by atoms with Crippen LogP contribution in [0.25, 0.3) is 11.1 Å². The molecule has 30 heavy (non-hydrogen) atoms. The van der Waals surface area contributed by atoms with Crippen LogP contribution in [0.4, 0.5) is 4.79 Å². The van der Waals surface area contributed by atoms with Crippen LogP contribution in [0.2, 0.25) is 0 Å². The minimum Gasteiger partial charge on any atom is -0.493 e. The van der Waals surface area contributed by atoms with Crippen LogP contribution in [0, 0.1) is 5.92 Å². The predicted molar refractivity (Wildman–Crippen MR) is 115 cm³/mol. The number of piperidine rings is 1. The van der Waals surface area contributed by atoms with Crippen molar-refractivity contribution in [3.05, 3.63) is 54.1 Å². The molecule has 2 aliphatic rings. The fourth-order valence-corrected chi connectivity index (χ4v) is 4.16. The zero-order chi connectivity index (χ0) is 20.9. The first kappa shape index (κ1) is 20.3. The van der Waals surface area contributed by atoms with Crippen molar-refractivity contribution in [2.45, 2.75) is 25.7 Å². The Morgan fingerprint density at radius 2 is 1.40 bits per heavy atom. The Bertz CT molecular complexity index is 865. The molecule has 0 aromatic heterocycles. The summed E-state index contributed by atoms with van der Waals surface area (Å²) in [4.78, 5) is 26.8. The molecule has 1 N–H and O–H groups in total. The molecule has 0 atom stereocenters. The van der Waals surface area contributed by atoms with Gasteiger partial charge in [0.2, 0.25) is 0 Å². The number of benzene rings is 2. The molecule has 0 unspecified atom stereocenters. The summed E-state index contributed by atoms with van der Waals surface area (Å²) in [6, 6.07) is 15.8. The van der Waals surface area contributed by atoms with E-state index >= 15 is 0 Å². The molecule has 6 nitrogen and oxygen atoms in total. The largest absolute Gasteiger partial charge is 0.493 e. The zero-order valence-electron chi connectivity index (χ0n) is 17.1. The van der Waals surface area contributed by atoms with Crippen LogP contribution in [-0.2, 0) is 0 Å². The fraction of sp³-hybridized carbons (Fsp3) is 0.417. The Labute approximate surface area is 177 Å². The van der Waals surface area contributed by atoms with E-state index in [9.17, 15) is 9.59 Å². The highest BCUT2D eigenvalue weighted by atomic mass is 16.5. The van der Waals surface area contributed by atoms with Gasteiger partial charge in [0.1, 0.15) is 5.75 Å². The molecular formula is C24H28N2O4. The summed E-state index contributed by atoms with van der Waals surface area (Å²) in [5.41, 5.74) is 2.90. The van der Waals surface area contributed by atoms with Gasteiger partial charge in [0.05, 0.1) is 6.61 Å². The van der Waals surface area contributed by atoms with Crippen molar-refractivity contribution >= 4 is 12.0 Å². The molecule has 0 radical (unpaired) electrons. The Hall–Kier alpha value is -3.02. The lowest BCUT2D eigenvalue weighted by atomic mass is 9.98. The standard InChI is InChI=1S/C24H28N2O4/c27-23(25-13-1-2-14-25)21-5-3-19(4-6-21)20-7-9-22(10-8-20)30-17-18-11-15-26(16-12-18)24(28)29/h3-10,18H,1-2,11-17H2,(H,28,29). The van der Waals surface area contributed by atoms with Gasteiger partial charge in [-0.25, -0.2) is 4.79 Å². The third kappa shape index (κ3) is 4.75. The molecule has 2 fully saturated rings. The Kier molecular flexibility index (Phi) is 6.21. The van der Waals surface area contributed by atoms with E-state index in [4.69, 9.17) is 9.84 Å². The number of nitrogens with zero attached hydrogens (tertiary/aromatic N) is 2. The van der Waals surface area contributed by atoms with Crippen LogP contribution in [-0.4, -0.2) is 59.7 Å². The molecule has 2 aliphatic heterocycles. The highest BCUT2D eigenvalue weighted by Gasteiger charge is 2.22. The van der Waals surface area contributed by atoms with Crippen molar-refractivity contribution in [1.82, 2.24) is 9.80 Å². The van der Waals surface area contributed by atoms with E-state index in [2.05, 4.69) is 0 Å². The molecule has 2 heterocycles. The molecule has 2 aromatic rings. The lowest BCUT2D eigenvalue weighted by molar-refractivity contribution is 0.0792. The molecule has 2 amide bonds. The van der Waals surface area contributed by atoms with Crippen LogP contribution < -0.4 is 4.74 Å². The molecule has 0 aliphatic carbocycles. The number of likely N-dealkylation sites (tertiary alicyclic amines) is 2. The third-order valence-corrected chi connectivity index (χ3v) is 6.08. The monoisotopic (exact) mass is 408 g/mol. The summed E-state index contributed by atoms with van der Waals surface area (Å²) in [5, 5.41) is 9.02. The lowest BCUT2D eigenvalue weighted by Crippen LogP contribution is -2.38. The Morgan fingerprint density at radius 1 is 0.833 bits per heavy atom. The molecular weight excluding hydrogens is 380 g/mol. The van der Waals surface area contributed by atoms with E-state index in [1.807, 2.05) is 53.4 Å². The second-order valence-electron chi connectivity index (χ2n) is 8.13. The van der Waals surface area contributed by atoms with E-state index < -0.39 is 6.09 Å². The average molecular weight is 408 g/mol. The van der Waals surface area contributed by atoms with E-state index in [-0.39, 0.29) is 5.91 Å². The highest BCUT2D eigenvalue weighted by Crippen LogP contribution is 2.25. The van der Waals surface area contributed by atoms with Crippen LogP contribution in [0.3, 0.4) is 0 Å². The van der Waals surface area contributed by atoms with Gasteiger partial charge in [-0.1, -0.05) is 24.3 Å². The number of carbonyl (C=O) groups is 2. The molecule has 2 aromatic carbocycles. The van der Waals surface area contributed by atoms with E-state index in [1.54, 1.807) is 0 Å². The number of hydrogen-bond donors (Lipinski definition) is 1. The second-order valence-corrected chi connectivity index (χ2v) is 8.13. The maximum Gasteiger partial charge on any atom is 0.407 e. The molecule has 0 saturated carbocycles. The van der Waals surface area contributed by atoms with Gasteiger partial charge in [-0.3, -0.25) is 4.79 Å². The minimum absolute atomic E-state index is 0.122. The second kappa shape index (κ2) is 9.20. The molecule has 6 heteroatoms. The van der Waals surface area contributed by atoms with Crippen molar-refractivity contribution in [3.8, 4) is 16.9 Å². The first-order valence-electron chi connectivity index (χ1n) is 10.7. The molecule has 0 spiro atoms. The van der Waals surface area contributed by atoms with E-state index in [0.717, 1.165) is 61.2 Å². The minimum atomic E-state index is -0.835. The zero-order valence-corrected chi connectivity index (χ0v) is 17.1. The fourth-order valence-electron chi connectivity index (χ4n) is 4.16. The lowest BCUT2D eigenvalue weighted by Gasteiger charge is -2.29. The smallest absolute Gasteiger partial charge is 0.407 e. The molecule has 0 bridgehead atoms. The quantitative estimate of drug-likeness (QED) is 0.798. The van der Waals surface area contributed by atoms with Gasteiger partial charge in [0, 0.05) is 31.7 Å². The van der Waals surface area contributed by atoms with Gasteiger partial charge >= 0.3 is 6.09 Å². The number of hydrogen-bond acceptors (Lipinski definition) is 3. The van der Waals surface area contributed by atoms with E-state index in [1.165, 1.54) is 4.90 Å². The van der Waals surface area contributed by atoms with Gasteiger partial charge in [0.15, 0.2) is 0 Å². The first-order chi connectivity index (χ1) is 14.6. The van der Waals surface area contributed by atoms with Crippen molar-refractivity contribution in [2.24, 2.45) is 5.92 Å². The Balaban J connectivity index is 1.30. The topological polar surface area (TPSA) is 70.1 Å². The normalized spacial score (nSPS) is 17.2. The predicted octanol–water partition coefficient (Wildman–Crippen LogP) is 4.36. The van der Waals surface area contributed by atoms with Gasteiger partial charge < -0.3 is 19.6 Å². The first-order valence-corrected chi connectivity index (χ1v) is 10.7. The van der Waals surface area contributed by atoms with Crippen molar-refractivity contribution in [3.63, 3.8) is 0 Å². The SMILES string of the molecule is O=C(O)N1CCC(COc2ccc(-c3ccc(C(=O)N4CCCC4)cc3)cc2)CC1. The number of amides is 2. The average Bonchev–Trinajstić information content (AvgIpc) is 3.33. The maximum absolute atomic E-state index is 12.5. The van der Waals surface area contributed by atoms with E-state index in [0.29, 0.717) is 25.6 Å². The van der Waals surface area contributed by atoms with Crippen molar-refractivity contribution in [2.75, 3.05) is 32.8 Å². The highest BCUT2D eigenvalue weighted by molar-refractivity contribution is 5.94. The number of carbonyl (C=O) groups excluding carboxylic acids is 1. The van der Waals surface area contributed by atoms with Crippen LogP contribution in [0.5, 0.6) is 5.75 Å². The number of ether oxygens (including phenoxy) is 1. The number of rotatable bonds is 5. The third-order valence-electron chi connectivity index (χ3n) is 6.08. The molecule has 158 valence electrons. The summed E-state index contributed by atoms with van der Waals surface area (Å²) in [6.07, 6.45) is 3.04. The molecule has 4 rings (SSSR count). The summed E-state index contributed by atoms with van der Waals surface area (Å²) < 4.78 is 5.92. The molecule has 2 saturated heterocycles. The summed E-state index contributed by atoms with van der Waals surface area (Å²) in [6.45, 7) is 3.50.